The second-order valence-electron chi connectivity index (χ2n) is 4.20. The number of halogens is 1. The van der Waals surface area contributed by atoms with Crippen LogP contribution in [0.3, 0.4) is 0 Å². The predicted octanol–water partition coefficient (Wildman–Crippen LogP) is 2.79. The molecule has 1 aliphatic carbocycles. The van der Waals surface area contributed by atoms with Crippen molar-refractivity contribution in [3.8, 4) is 0 Å². The van der Waals surface area contributed by atoms with Crippen LogP contribution in [0.25, 0.3) is 11.1 Å². The summed E-state index contributed by atoms with van der Waals surface area (Å²) in [5.74, 6) is 0.209. The number of hydrogen-bond acceptors (Lipinski definition) is 4. The summed E-state index contributed by atoms with van der Waals surface area (Å²) in [6, 6.07) is 5.60. The first-order valence-electron chi connectivity index (χ1n) is 5.31. The Labute approximate surface area is 106 Å². The van der Waals surface area contributed by atoms with Gasteiger partial charge in [-0.1, -0.05) is 15.9 Å². The van der Waals surface area contributed by atoms with Crippen molar-refractivity contribution in [3.63, 3.8) is 0 Å². The second kappa shape index (κ2) is 3.57. The maximum atomic E-state index is 11.7. The zero-order chi connectivity index (χ0) is 12.0. The molecule has 4 nitrogen and oxygen atoms in total. The summed E-state index contributed by atoms with van der Waals surface area (Å²) >= 11 is 3.37. The van der Waals surface area contributed by atoms with Gasteiger partial charge in [0.1, 0.15) is 10.9 Å². The van der Waals surface area contributed by atoms with E-state index in [2.05, 4.69) is 20.9 Å². The minimum atomic E-state index is -0.639. The van der Waals surface area contributed by atoms with Crippen LogP contribution in [0.2, 0.25) is 0 Å². The fourth-order valence-corrected chi connectivity index (χ4v) is 2.27. The molecule has 88 valence electrons. The van der Waals surface area contributed by atoms with Gasteiger partial charge in [-0.05, 0) is 31.0 Å². The molecule has 5 heteroatoms. The molecular weight excluding hydrogens is 286 g/mol. The molecule has 0 unspecified atom stereocenters. The number of nitrogens with zero attached hydrogens (tertiary/aromatic N) is 1. The molecule has 0 aliphatic heterocycles. The van der Waals surface area contributed by atoms with Crippen LogP contribution < -0.4 is 0 Å². The summed E-state index contributed by atoms with van der Waals surface area (Å²) in [6.07, 6.45) is 1.49. The quantitative estimate of drug-likeness (QED) is 0.800. The number of carbonyl (C=O) groups is 1. The van der Waals surface area contributed by atoms with Crippen molar-refractivity contribution >= 4 is 33.0 Å². The lowest BCUT2D eigenvalue weighted by atomic mass is 10.1. The van der Waals surface area contributed by atoms with E-state index in [-0.39, 0.29) is 5.97 Å². The van der Waals surface area contributed by atoms with Crippen molar-refractivity contribution in [2.45, 2.75) is 18.3 Å². The first-order chi connectivity index (χ1) is 8.15. The number of carbonyl (C=O) groups excluding carboxylic acids is 1. The lowest BCUT2D eigenvalue weighted by molar-refractivity contribution is -0.144. The Balaban J connectivity index is 2.10. The van der Waals surface area contributed by atoms with Gasteiger partial charge in [-0.3, -0.25) is 4.79 Å². The Hall–Kier alpha value is -1.36. The van der Waals surface area contributed by atoms with Crippen molar-refractivity contribution in [1.29, 1.82) is 0 Å². The van der Waals surface area contributed by atoms with E-state index in [1.807, 2.05) is 18.2 Å². The molecule has 0 bridgehead atoms. The average molecular weight is 296 g/mol. The van der Waals surface area contributed by atoms with Gasteiger partial charge >= 0.3 is 5.97 Å². The lowest BCUT2D eigenvalue weighted by Crippen LogP contribution is -2.22. The Morgan fingerprint density at radius 3 is 2.94 bits per heavy atom. The van der Waals surface area contributed by atoms with Gasteiger partial charge in [0.15, 0.2) is 5.58 Å². The number of benzene rings is 1. The van der Waals surface area contributed by atoms with Crippen LogP contribution in [0, 0.1) is 0 Å². The highest BCUT2D eigenvalue weighted by molar-refractivity contribution is 9.10. The predicted molar refractivity (Wildman–Crippen MR) is 64.6 cm³/mol. The van der Waals surface area contributed by atoms with Gasteiger partial charge in [-0.15, -0.1) is 0 Å². The highest BCUT2D eigenvalue weighted by Gasteiger charge is 2.56. The standard InChI is InChI=1S/C12H10BrNO3/c1-16-11(15)12(4-5-12)10-14-8-3-2-7(13)6-9(8)17-10/h2-3,6H,4-5H2,1H3. The molecule has 0 N–H and O–H groups in total. The molecule has 3 rings (SSSR count). The number of methoxy groups -OCH3 is 1. The van der Waals surface area contributed by atoms with Gasteiger partial charge in [-0.25, -0.2) is 4.98 Å². The zero-order valence-electron chi connectivity index (χ0n) is 9.20. The third kappa shape index (κ3) is 1.57. The van der Waals surface area contributed by atoms with Crippen molar-refractivity contribution in [1.82, 2.24) is 4.98 Å². The van der Waals surface area contributed by atoms with Crippen LogP contribution in [0.1, 0.15) is 18.7 Å². The fourth-order valence-electron chi connectivity index (χ4n) is 1.93. The molecule has 0 atom stereocenters. The molecule has 2 aromatic rings. The van der Waals surface area contributed by atoms with Crippen LogP contribution in [0.4, 0.5) is 0 Å². The van der Waals surface area contributed by atoms with E-state index in [9.17, 15) is 4.79 Å². The molecule has 0 radical (unpaired) electrons. The Bertz CT molecular complexity index is 601. The average Bonchev–Trinajstić information content (AvgIpc) is 3.03. The summed E-state index contributed by atoms with van der Waals surface area (Å²) in [4.78, 5) is 16.1. The van der Waals surface area contributed by atoms with E-state index >= 15 is 0 Å². The number of fused-ring (bicyclic) bond motifs is 1. The summed E-state index contributed by atoms with van der Waals surface area (Å²) in [7, 11) is 1.39. The summed E-state index contributed by atoms with van der Waals surface area (Å²) < 4.78 is 11.4. The normalized spacial score (nSPS) is 17.1. The van der Waals surface area contributed by atoms with Gasteiger partial charge in [0.05, 0.1) is 7.11 Å². The molecule has 1 aromatic heterocycles. The van der Waals surface area contributed by atoms with Gasteiger partial charge < -0.3 is 9.15 Å². The highest BCUT2D eigenvalue weighted by atomic mass is 79.9. The minimum absolute atomic E-state index is 0.261. The number of rotatable bonds is 2. The van der Waals surface area contributed by atoms with Gasteiger partial charge in [0, 0.05) is 4.47 Å². The lowest BCUT2D eigenvalue weighted by Gasteiger charge is -2.06. The molecule has 1 saturated carbocycles. The van der Waals surface area contributed by atoms with Gasteiger partial charge in [0.25, 0.3) is 0 Å². The molecule has 1 aromatic carbocycles. The number of hydrogen-bond donors (Lipinski definition) is 0. The first-order valence-corrected chi connectivity index (χ1v) is 6.10. The largest absolute Gasteiger partial charge is 0.468 e. The van der Waals surface area contributed by atoms with E-state index in [4.69, 9.17) is 9.15 Å². The van der Waals surface area contributed by atoms with Crippen LogP contribution in [0.15, 0.2) is 27.1 Å². The molecule has 0 amide bonds. The maximum absolute atomic E-state index is 11.7. The summed E-state index contributed by atoms with van der Waals surface area (Å²) in [5.41, 5.74) is 0.809. The van der Waals surface area contributed by atoms with E-state index < -0.39 is 5.41 Å². The molecule has 0 spiro atoms. The van der Waals surface area contributed by atoms with E-state index in [0.29, 0.717) is 11.5 Å². The molecule has 17 heavy (non-hydrogen) atoms. The van der Waals surface area contributed by atoms with Gasteiger partial charge in [0.2, 0.25) is 5.89 Å². The van der Waals surface area contributed by atoms with Crippen LogP contribution in [-0.4, -0.2) is 18.1 Å². The number of ether oxygens (including phenoxy) is 1. The SMILES string of the molecule is COC(=O)C1(c2nc3ccc(Br)cc3o2)CC1. The molecule has 1 heterocycles. The molecule has 0 saturated heterocycles. The van der Waals surface area contributed by atoms with Crippen LogP contribution >= 0.6 is 15.9 Å². The second-order valence-corrected chi connectivity index (χ2v) is 5.12. The monoisotopic (exact) mass is 295 g/mol. The Morgan fingerprint density at radius 2 is 2.29 bits per heavy atom. The molecule has 1 aliphatic rings. The smallest absolute Gasteiger partial charge is 0.321 e. The topological polar surface area (TPSA) is 52.3 Å². The number of oxazole rings is 1. The van der Waals surface area contributed by atoms with E-state index in [0.717, 1.165) is 22.8 Å². The maximum Gasteiger partial charge on any atom is 0.321 e. The fraction of sp³-hybridized carbons (Fsp3) is 0.333. The van der Waals surface area contributed by atoms with Crippen LogP contribution in [-0.2, 0) is 14.9 Å². The van der Waals surface area contributed by atoms with Crippen molar-refractivity contribution < 1.29 is 13.9 Å². The summed E-state index contributed by atoms with van der Waals surface area (Å²) in [6.45, 7) is 0. The minimum Gasteiger partial charge on any atom is -0.468 e. The van der Waals surface area contributed by atoms with Crippen molar-refractivity contribution in [2.24, 2.45) is 0 Å². The first kappa shape index (κ1) is 10.8. The van der Waals surface area contributed by atoms with E-state index in [1.165, 1.54) is 7.11 Å². The van der Waals surface area contributed by atoms with Gasteiger partial charge in [-0.2, -0.15) is 0 Å². The third-order valence-corrected chi connectivity index (χ3v) is 3.58. The Kier molecular flexibility index (Phi) is 2.26. The van der Waals surface area contributed by atoms with E-state index in [1.54, 1.807) is 0 Å². The molecular formula is C12H10BrNO3. The summed E-state index contributed by atoms with van der Waals surface area (Å²) in [5, 5.41) is 0. The highest BCUT2D eigenvalue weighted by Crippen LogP contribution is 2.49. The number of esters is 1. The van der Waals surface area contributed by atoms with Crippen molar-refractivity contribution in [2.75, 3.05) is 7.11 Å². The molecule has 1 fully saturated rings. The van der Waals surface area contributed by atoms with Crippen molar-refractivity contribution in [3.05, 3.63) is 28.6 Å². The zero-order valence-corrected chi connectivity index (χ0v) is 10.8. The number of aromatic nitrogens is 1. The Morgan fingerprint density at radius 1 is 1.53 bits per heavy atom. The third-order valence-electron chi connectivity index (χ3n) is 3.09. The van der Waals surface area contributed by atoms with Crippen LogP contribution in [0.5, 0.6) is 0 Å².